The number of hydrogen-bond donors (Lipinski definition) is 2. The van der Waals surface area contributed by atoms with Crippen LogP contribution in [0.25, 0.3) is 0 Å². The van der Waals surface area contributed by atoms with Crippen molar-refractivity contribution in [2.24, 2.45) is 5.73 Å². The zero-order valence-corrected chi connectivity index (χ0v) is 13.4. The second kappa shape index (κ2) is 10.8. The van der Waals surface area contributed by atoms with Crippen LogP contribution in [0.1, 0.15) is 48.7 Å². The maximum absolute atomic E-state index is 11.7. The van der Waals surface area contributed by atoms with Gasteiger partial charge >= 0.3 is 0 Å². The van der Waals surface area contributed by atoms with Gasteiger partial charge in [0.05, 0.1) is 4.88 Å². The number of hydrogen-bond acceptors (Lipinski definition) is 4. The standard InChI is InChI=1S/C14H22N2O2S.ClH/c1-2-3-5-11(10-15)16-14(18)8-7-12(17)13-6-4-9-19-13;/h4,6,9,11H,2-3,5,7-8,10,15H2,1H3,(H,16,18);1H. The van der Waals surface area contributed by atoms with Gasteiger partial charge < -0.3 is 11.1 Å². The van der Waals surface area contributed by atoms with Gasteiger partial charge in [0.2, 0.25) is 5.91 Å². The predicted octanol–water partition coefficient (Wildman–Crippen LogP) is 2.77. The molecule has 0 saturated carbocycles. The van der Waals surface area contributed by atoms with Crippen LogP contribution in [-0.4, -0.2) is 24.3 Å². The van der Waals surface area contributed by atoms with Crippen LogP contribution in [0.2, 0.25) is 0 Å². The number of nitrogens with one attached hydrogen (secondary N) is 1. The van der Waals surface area contributed by atoms with Crippen LogP contribution in [0.3, 0.4) is 0 Å². The molecule has 0 aliphatic rings. The zero-order valence-electron chi connectivity index (χ0n) is 11.8. The number of ketones is 1. The Bertz CT molecular complexity index is 396. The molecule has 0 aliphatic carbocycles. The molecule has 1 heterocycles. The molecule has 0 spiro atoms. The normalized spacial score (nSPS) is 11.5. The summed E-state index contributed by atoms with van der Waals surface area (Å²) in [5, 5.41) is 4.75. The molecule has 0 aromatic carbocycles. The fourth-order valence-corrected chi connectivity index (χ4v) is 2.48. The van der Waals surface area contributed by atoms with Gasteiger partial charge in [-0.1, -0.05) is 25.8 Å². The highest BCUT2D eigenvalue weighted by atomic mass is 35.5. The molecular formula is C14H23ClN2O2S. The van der Waals surface area contributed by atoms with Gasteiger partial charge in [0.15, 0.2) is 5.78 Å². The second-order valence-corrected chi connectivity index (χ2v) is 5.49. The van der Waals surface area contributed by atoms with Crippen LogP contribution < -0.4 is 11.1 Å². The van der Waals surface area contributed by atoms with Gasteiger partial charge in [0.1, 0.15) is 0 Å². The Hall–Kier alpha value is -0.910. The highest BCUT2D eigenvalue weighted by Gasteiger charge is 2.13. The lowest BCUT2D eigenvalue weighted by atomic mass is 10.1. The molecular weight excluding hydrogens is 296 g/mol. The molecule has 0 fully saturated rings. The predicted molar refractivity (Wildman–Crippen MR) is 85.6 cm³/mol. The first-order valence-electron chi connectivity index (χ1n) is 6.73. The Morgan fingerprint density at radius 2 is 2.15 bits per heavy atom. The van der Waals surface area contributed by atoms with Crippen LogP contribution in [0, 0.1) is 0 Å². The molecule has 1 aromatic heterocycles. The van der Waals surface area contributed by atoms with Crippen molar-refractivity contribution in [1.82, 2.24) is 5.32 Å². The Labute approximate surface area is 130 Å². The van der Waals surface area contributed by atoms with Crippen LogP contribution in [0.4, 0.5) is 0 Å². The Morgan fingerprint density at radius 1 is 1.40 bits per heavy atom. The number of Topliss-reactive ketones (excluding diaryl/α,β-unsaturated/α-hetero) is 1. The fraction of sp³-hybridized carbons (Fsp3) is 0.571. The second-order valence-electron chi connectivity index (χ2n) is 4.54. The van der Waals surface area contributed by atoms with Crippen LogP contribution in [-0.2, 0) is 4.79 Å². The maximum Gasteiger partial charge on any atom is 0.220 e. The topological polar surface area (TPSA) is 72.2 Å². The van der Waals surface area contributed by atoms with Gasteiger partial charge in [-0.05, 0) is 17.9 Å². The number of amides is 1. The Kier molecular flexibility index (Phi) is 10.3. The first-order chi connectivity index (χ1) is 9.17. The Morgan fingerprint density at radius 3 is 2.70 bits per heavy atom. The van der Waals surface area contributed by atoms with E-state index < -0.39 is 0 Å². The SMILES string of the molecule is CCCCC(CN)NC(=O)CCC(=O)c1cccs1.Cl. The number of nitrogens with two attached hydrogens (primary N) is 1. The smallest absolute Gasteiger partial charge is 0.220 e. The summed E-state index contributed by atoms with van der Waals surface area (Å²) >= 11 is 1.41. The molecule has 0 aliphatic heterocycles. The van der Waals surface area contributed by atoms with E-state index in [2.05, 4.69) is 12.2 Å². The summed E-state index contributed by atoms with van der Waals surface area (Å²) in [4.78, 5) is 24.2. The van der Waals surface area contributed by atoms with Crippen LogP contribution >= 0.6 is 23.7 Å². The lowest BCUT2D eigenvalue weighted by molar-refractivity contribution is -0.121. The quantitative estimate of drug-likeness (QED) is 0.688. The third-order valence-corrected chi connectivity index (χ3v) is 3.84. The molecule has 1 aromatic rings. The van der Waals surface area contributed by atoms with E-state index in [1.165, 1.54) is 11.3 Å². The van der Waals surface area contributed by atoms with E-state index in [9.17, 15) is 9.59 Å². The fourth-order valence-electron chi connectivity index (χ4n) is 1.79. The zero-order chi connectivity index (χ0) is 14.1. The highest BCUT2D eigenvalue weighted by Crippen LogP contribution is 2.12. The molecule has 6 heteroatoms. The van der Waals surface area contributed by atoms with Gasteiger partial charge in [-0.3, -0.25) is 9.59 Å². The monoisotopic (exact) mass is 318 g/mol. The Balaban J connectivity index is 0.00000361. The summed E-state index contributed by atoms with van der Waals surface area (Å²) in [7, 11) is 0. The van der Waals surface area contributed by atoms with E-state index in [1.807, 2.05) is 11.4 Å². The third kappa shape index (κ3) is 7.03. The van der Waals surface area contributed by atoms with Gasteiger partial charge in [-0.2, -0.15) is 0 Å². The first kappa shape index (κ1) is 19.1. The van der Waals surface area contributed by atoms with E-state index in [0.29, 0.717) is 11.4 Å². The molecule has 1 amide bonds. The molecule has 114 valence electrons. The van der Waals surface area contributed by atoms with Gasteiger partial charge in [0, 0.05) is 25.4 Å². The van der Waals surface area contributed by atoms with E-state index >= 15 is 0 Å². The minimum absolute atomic E-state index is 0. The molecule has 4 nitrogen and oxygen atoms in total. The number of thiophene rings is 1. The molecule has 20 heavy (non-hydrogen) atoms. The van der Waals surface area contributed by atoms with Crippen LogP contribution in [0.15, 0.2) is 17.5 Å². The molecule has 3 N–H and O–H groups in total. The van der Waals surface area contributed by atoms with Gasteiger partial charge in [-0.25, -0.2) is 0 Å². The van der Waals surface area contributed by atoms with Crippen molar-refractivity contribution >= 4 is 35.4 Å². The summed E-state index contributed by atoms with van der Waals surface area (Å²) in [5.41, 5.74) is 5.61. The van der Waals surface area contributed by atoms with Crippen molar-refractivity contribution in [1.29, 1.82) is 0 Å². The molecule has 1 rings (SSSR count). The molecule has 0 bridgehead atoms. The number of carbonyl (C=O) groups excluding carboxylic acids is 2. The van der Waals surface area contributed by atoms with Crippen molar-refractivity contribution in [2.45, 2.75) is 45.1 Å². The largest absolute Gasteiger partial charge is 0.352 e. The molecule has 1 atom stereocenters. The van der Waals surface area contributed by atoms with Crippen molar-refractivity contribution in [3.63, 3.8) is 0 Å². The van der Waals surface area contributed by atoms with Gasteiger partial charge in [-0.15, -0.1) is 23.7 Å². The minimum Gasteiger partial charge on any atom is -0.352 e. The highest BCUT2D eigenvalue weighted by molar-refractivity contribution is 7.12. The number of carbonyl (C=O) groups is 2. The van der Waals surface area contributed by atoms with E-state index in [0.717, 1.165) is 19.3 Å². The summed E-state index contributed by atoms with van der Waals surface area (Å²) in [6, 6.07) is 3.66. The number of rotatable bonds is 9. The van der Waals surface area contributed by atoms with Crippen molar-refractivity contribution in [3.8, 4) is 0 Å². The van der Waals surface area contributed by atoms with E-state index in [1.54, 1.807) is 6.07 Å². The number of unbranched alkanes of at least 4 members (excludes halogenated alkanes) is 1. The van der Waals surface area contributed by atoms with Crippen molar-refractivity contribution in [3.05, 3.63) is 22.4 Å². The minimum atomic E-state index is -0.0866. The average Bonchev–Trinajstić information content (AvgIpc) is 2.94. The van der Waals surface area contributed by atoms with Gasteiger partial charge in [0.25, 0.3) is 0 Å². The van der Waals surface area contributed by atoms with Crippen LogP contribution in [0.5, 0.6) is 0 Å². The van der Waals surface area contributed by atoms with E-state index in [4.69, 9.17) is 5.73 Å². The van der Waals surface area contributed by atoms with Crippen molar-refractivity contribution in [2.75, 3.05) is 6.54 Å². The summed E-state index contributed by atoms with van der Waals surface area (Å²) in [5.74, 6) is -0.0561. The lowest BCUT2D eigenvalue weighted by Crippen LogP contribution is -2.40. The lowest BCUT2D eigenvalue weighted by Gasteiger charge is -2.16. The first-order valence-corrected chi connectivity index (χ1v) is 7.61. The van der Waals surface area contributed by atoms with E-state index in [-0.39, 0.29) is 43.0 Å². The van der Waals surface area contributed by atoms with Crippen molar-refractivity contribution < 1.29 is 9.59 Å². The summed E-state index contributed by atoms with van der Waals surface area (Å²) in [6.45, 7) is 2.56. The maximum atomic E-state index is 11.7. The molecule has 0 radical (unpaired) electrons. The summed E-state index contributed by atoms with van der Waals surface area (Å²) < 4.78 is 0. The summed E-state index contributed by atoms with van der Waals surface area (Å²) in [6.07, 6.45) is 3.54. The third-order valence-electron chi connectivity index (χ3n) is 2.93. The number of halogens is 1. The molecule has 0 saturated heterocycles. The molecule has 1 unspecified atom stereocenters. The average molecular weight is 319 g/mol.